The number of nitrogens with zero attached hydrogens (tertiary/aromatic N) is 4. The van der Waals surface area contributed by atoms with E-state index in [9.17, 15) is 9.59 Å². The van der Waals surface area contributed by atoms with E-state index in [1.165, 1.54) is 11.3 Å². The maximum Gasteiger partial charge on any atom is 0.272 e. The normalized spacial score (nSPS) is 18.1. The number of amides is 2. The van der Waals surface area contributed by atoms with Gasteiger partial charge in [-0.25, -0.2) is 0 Å². The zero-order valence-electron chi connectivity index (χ0n) is 24.5. The van der Waals surface area contributed by atoms with Crippen molar-refractivity contribution in [2.24, 2.45) is 5.92 Å². The predicted molar refractivity (Wildman–Crippen MR) is 182 cm³/mol. The van der Waals surface area contributed by atoms with Gasteiger partial charge in [-0.2, -0.15) is 0 Å². The van der Waals surface area contributed by atoms with Crippen molar-refractivity contribution in [2.75, 3.05) is 68.4 Å². The van der Waals surface area contributed by atoms with Gasteiger partial charge in [-0.3, -0.25) is 14.6 Å². The third-order valence-corrected chi connectivity index (χ3v) is 8.42. The Morgan fingerprint density at radius 2 is 1.70 bits per heavy atom. The van der Waals surface area contributed by atoms with Crippen molar-refractivity contribution < 1.29 is 9.59 Å². The zero-order valence-corrected chi connectivity index (χ0v) is 26.9. The van der Waals surface area contributed by atoms with E-state index < -0.39 is 0 Å². The van der Waals surface area contributed by atoms with Crippen molar-refractivity contribution >= 4 is 66.1 Å². The van der Waals surface area contributed by atoms with E-state index in [1.54, 1.807) is 11.1 Å². The number of rotatable bonds is 5. The molecule has 2 fully saturated rings. The first kappa shape index (κ1) is 34.5. The summed E-state index contributed by atoms with van der Waals surface area (Å²) in [5.41, 5.74) is 7.06. The van der Waals surface area contributed by atoms with Crippen LogP contribution in [-0.4, -0.2) is 79.5 Å². The number of likely N-dealkylation sites (tertiary alicyclic amines) is 1. The van der Waals surface area contributed by atoms with Crippen LogP contribution in [0.4, 0.5) is 17.1 Å². The molecule has 3 aliphatic heterocycles. The van der Waals surface area contributed by atoms with Crippen molar-refractivity contribution in [3.63, 3.8) is 0 Å². The number of carbonyl (C=O) groups is 2. The van der Waals surface area contributed by atoms with Gasteiger partial charge in [-0.15, -0.1) is 37.2 Å². The van der Waals surface area contributed by atoms with Crippen LogP contribution in [0.25, 0.3) is 11.1 Å². The predicted octanol–water partition coefficient (Wildman–Crippen LogP) is 5.61. The first-order valence-electron chi connectivity index (χ1n) is 14.5. The van der Waals surface area contributed by atoms with Crippen LogP contribution < -0.4 is 15.5 Å². The van der Waals surface area contributed by atoms with Gasteiger partial charge < -0.3 is 25.3 Å². The van der Waals surface area contributed by atoms with Crippen molar-refractivity contribution in [3.05, 3.63) is 72.1 Å². The fourth-order valence-electron chi connectivity index (χ4n) is 6.01. The maximum atomic E-state index is 13.4. The number of benzene rings is 2. The molecular formula is C32H41Cl3N6O2. The number of pyridine rings is 1. The molecule has 1 atom stereocenters. The van der Waals surface area contributed by atoms with Gasteiger partial charge in [0.15, 0.2) is 0 Å². The standard InChI is InChI=1S/C32H38N6O2.3ClH/c1-36-15-17-37(18-16-36)28-11-13-34-30(21-28)32(40)38-14-4-7-26(22-38)31(39)35-27-8-2-5-23(20-27)24-9-10-29-25(19-24)6-3-12-33-29;;;/h2,5,8-11,13,19-21,26,33H,3-4,6-7,12,14-18,22H2,1H3,(H,35,39);3*1H/t26-;;;/m0.../s1. The molecule has 0 unspecified atom stereocenters. The molecule has 0 aliphatic carbocycles. The number of fused-ring (bicyclic) bond motifs is 1. The van der Waals surface area contributed by atoms with E-state index >= 15 is 0 Å². The number of piperidine rings is 1. The van der Waals surface area contributed by atoms with Crippen LogP contribution in [0.5, 0.6) is 0 Å². The van der Waals surface area contributed by atoms with E-state index in [2.05, 4.69) is 56.7 Å². The molecule has 2 saturated heterocycles. The van der Waals surface area contributed by atoms with Crippen LogP contribution >= 0.6 is 37.2 Å². The zero-order chi connectivity index (χ0) is 27.5. The molecule has 232 valence electrons. The summed E-state index contributed by atoms with van der Waals surface area (Å²) in [6, 6.07) is 18.4. The average Bonchev–Trinajstić information content (AvgIpc) is 3.01. The Balaban J connectivity index is 0.00000169. The van der Waals surface area contributed by atoms with Crippen molar-refractivity contribution in [3.8, 4) is 11.1 Å². The molecule has 1 aromatic heterocycles. The number of piperazine rings is 1. The molecule has 43 heavy (non-hydrogen) atoms. The molecule has 0 spiro atoms. The molecule has 3 aromatic rings. The van der Waals surface area contributed by atoms with Crippen LogP contribution in [0.1, 0.15) is 35.3 Å². The van der Waals surface area contributed by atoms with Crippen LogP contribution in [0.15, 0.2) is 60.8 Å². The van der Waals surface area contributed by atoms with Gasteiger partial charge in [-0.05, 0) is 85.8 Å². The summed E-state index contributed by atoms with van der Waals surface area (Å²) in [5, 5.41) is 6.59. The Labute approximate surface area is 272 Å². The molecule has 0 radical (unpaired) electrons. The third kappa shape index (κ3) is 8.12. The third-order valence-electron chi connectivity index (χ3n) is 8.42. The summed E-state index contributed by atoms with van der Waals surface area (Å²) in [5.74, 6) is -0.391. The van der Waals surface area contributed by atoms with Gasteiger partial charge >= 0.3 is 0 Å². The Hall–Kier alpha value is -3.04. The van der Waals surface area contributed by atoms with Gasteiger partial charge in [0.25, 0.3) is 5.91 Å². The van der Waals surface area contributed by atoms with Crippen molar-refractivity contribution in [2.45, 2.75) is 25.7 Å². The summed E-state index contributed by atoms with van der Waals surface area (Å²) in [6.45, 7) is 5.95. The van der Waals surface area contributed by atoms with Gasteiger partial charge in [0, 0.05) is 69.1 Å². The van der Waals surface area contributed by atoms with Gasteiger partial charge in [0.2, 0.25) is 5.91 Å². The summed E-state index contributed by atoms with van der Waals surface area (Å²) in [7, 11) is 2.13. The van der Waals surface area contributed by atoms with Gasteiger partial charge in [0.05, 0.1) is 5.92 Å². The van der Waals surface area contributed by atoms with Crippen LogP contribution in [-0.2, 0) is 11.2 Å². The Kier molecular flexibility index (Phi) is 12.5. The molecule has 11 heteroatoms. The lowest BCUT2D eigenvalue weighted by molar-refractivity contribution is -0.121. The summed E-state index contributed by atoms with van der Waals surface area (Å²) >= 11 is 0. The van der Waals surface area contributed by atoms with E-state index in [0.29, 0.717) is 18.8 Å². The average molecular weight is 648 g/mol. The highest BCUT2D eigenvalue weighted by molar-refractivity contribution is 5.96. The van der Waals surface area contributed by atoms with Crippen LogP contribution in [0, 0.1) is 5.92 Å². The maximum absolute atomic E-state index is 13.4. The molecule has 2 N–H and O–H groups in total. The van der Waals surface area contributed by atoms with Crippen LogP contribution in [0.3, 0.4) is 0 Å². The largest absolute Gasteiger partial charge is 0.385 e. The SMILES string of the molecule is CN1CCN(c2ccnc(C(=O)N3CCC[C@H](C(=O)Nc4cccc(-c5ccc6c(c5)CCCN6)c4)C3)c2)CC1.Cl.Cl.Cl. The van der Waals surface area contributed by atoms with Gasteiger partial charge in [-0.1, -0.05) is 18.2 Å². The first-order valence-corrected chi connectivity index (χ1v) is 14.5. The van der Waals surface area contributed by atoms with Gasteiger partial charge in [0.1, 0.15) is 5.69 Å². The summed E-state index contributed by atoms with van der Waals surface area (Å²) < 4.78 is 0. The van der Waals surface area contributed by atoms with Crippen LogP contribution in [0.2, 0.25) is 0 Å². The molecule has 6 rings (SSSR count). The molecular weight excluding hydrogens is 607 g/mol. The second-order valence-electron chi connectivity index (χ2n) is 11.3. The van der Waals surface area contributed by atoms with E-state index in [0.717, 1.165) is 80.9 Å². The molecule has 4 heterocycles. The first-order chi connectivity index (χ1) is 19.5. The lowest BCUT2D eigenvalue weighted by Crippen LogP contribution is -2.45. The molecule has 0 bridgehead atoms. The monoisotopic (exact) mass is 646 g/mol. The number of halogens is 3. The second-order valence-corrected chi connectivity index (χ2v) is 11.3. The number of anilines is 3. The minimum Gasteiger partial charge on any atom is -0.385 e. The molecule has 3 aliphatic rings. The number of aryl methyl sites for hydroxylation is 1. The Morgan fingerprint density at radius 3 is 2.51 bits per heavy atom. The highest BCUT2D eigenvalue weighted by atomic mass is 35.5. The molecule has 8 nitrogen and oxygen atoms in total. The lowest BCUT2D eigenvalue weighted by atomic mass is 9.96. The number of hydrogen-bond acceptors (Lipinski definition) is 6. The fourth-order valence-corrected chi connectivity index (χ4v) is 6.01. The molecule has 0 saturated carbocycles. The highest BCUT2D eigenvalue weighted by Crippen LogP contribution is 2.30. The lowest BCUT2D eigenvalue weighted by Gasteiger charge is -2.34. The Morgan fingerprint density at radius 1 is 0.907 bits per heavy atom. The molecule has 2 aromatic carbocycles. The fraction of sp³-hybridized carbons (Fsp3) is 0.406. The smallest absolute Gasteiger partial charge is 0.272 e. The minimum absolute atomic E-state index is 0. The summed E-state index contributed by atoms with van der Waals surface area (Å²) in [4.78, 5) is 37.5. The Bertz CT molecular complexity index is 1400. The number of nitrogens with one attached hydrogen (secondary N) is 2. The van der Waals surface area contributed by atoms with E-state index in [4.69, 9.17) is 0 Å². The van der Waals surface area contributed by atoms with E-state index in [-0.39, 0.29) is 55.0 Å². The minimum atomic E-state index is -0.253. The quantitative estimate of drug-likeness (QED) is 0.375. The summed E-state index contributed by atoms with van der Waals surface area (Å²) in [6.07, 6.45) is 5.51. The topological polar surface area (TPSA) is 80.8 Å². The number of likely N-dealkylation sites (N-methyl/N-ethyl adjacent to an activating group) is 1. The van der Waals surface area contributed by atoms with Crippen molar-refractivity contribution in [1.82, 2.24) is 14.8 Å². The number of aromatic nitrogens is 1. The van der Waals surface area contributed by atoms with E-state index in [1.807, 2.05) is 30.3 Å². The van der Waals surface area contributed by atoms with Crippen molar-refractivity contribution in [1.29, 1.82) is 0 Å². The number of carbonyl (C=O) groups excluding carboxylic acids is 2. The number of hydrogen-bond donors (Lipinski definition) is 2. The second kappa shape index (κ2) is 15.6. The highest BCUT2D eigenvalue weighted by Gasteiger charge is 2.30. The molecule has 2 amide bonds.